The Labute approximate surface area is 170 Å². The normalized spacial score (nSPS) is 11.4. The Kier molecular flexibility index (Phi) is 7.25. The lowest BCUT2D eigenvalue weighted by Crippen LogP contribution is -2.37. The van der Waals surface area contributed by atoms with Crippen molar-refractivity contribution < 1.29 is 4.57 Å². The van der Waals surface area contributed by atoms with E-state index in [4.69, 9.17) is 0 Å². The van der Waals surface area contributed by atoms with E-state index in [-0.39, 0.29) is 0 Å². The molecule has 28 heavy (non-hydrogen) atoms. The molecule has 1 heterocycles. The zero-order chi connectivity index (χ0) is 19.8. The molecule has 0 aliphatic carbocycles. The van der Waals surface area contributed by atoms with Gasteiger partial charge in [-0.25, -0.2) is 0 Å². The molecule has 0 radical (unpaired) electrons. The molecule has 0 bridgehead atoms. The summed E-state index contributed by atoms with van der Waals surface area (Å²) in [5.74, 6) is 0. The fourth-order valence-electron chi connectivity index (χ4n) is 3.61. The minimum Gasteiger partial charge on any atom is -0.378 e. The van der Waals surface area contributed by atoms with Gasteiger partial charge in [0.05, 0.1) is 0 Å². The van der Waals surface area contributed by atoms with E-state index in [1.54, 1.807) is 0 Å². The van der Waals surface area contributed by atoms with Crippen molar-refractivity contribution in [2.45, 2.75) is 45.6 Å². The smallest absolute Gasteiger partial charge is 0.212 e. The number of para-hydroxylation sites is 1. The summed E-state index contributed by atoms with van der Waals surface area (Å²) in [5, 5.41) is 1.31. The molecule has 2 heteroatoms. The van der Waals surface area contributed by atoms with E-state index in [1.165, 1.54) is 60.0 Å². The van der Waals surface area contributed by atoms with Gasteiger partial charge in [-0.2, -0.15) is 4.57 Å². The van der Waals surface area contributed by atoms with Crippen molar-refractivity contribution in [3.8, 4) is 0 Å². The number of anilines is 1. The Morgan fingerprint density at radius 2 is 1.54 bits per heavy atom. The Morgan fingerprint density at radius 1 is 0.786 bits per heavy atom. The highest BCUT2D eigenvalue weighted by atomic mass is 15.1. The number of pyridine rings is 1. The van der Waals surface area contributed by atoms with Crippen LogP contribution in [0.2, 0.25) is 0 Å². The van der Waals surface area contributed by atoms with Crippen molar-refractivity contribution in [3.63, 3.8) is 0 Å². The molecule has 0 unspecified atom stereocenters. The number of unbranched alkanes of at least 4 members (excludes halogenated alkanes) is 4. The highest BCUT2D eigenvalue weighted by Gasteiger charge is 2.13. The molecule has 2 nitrogen and oxygen atoms in total. The highest BCUT2D eigenvalue weighted by molar-refractivity contribution is 5.77. The van der Waals surface area contributed by atoms with Gasteiger partial charge in [-0.15, -0.1) is 0 Å². The highest BCUT2D eigenvalue weighted by Crippen LogP contribution is 2.16. The summed E-state index contributed by atoms with van der Waals surface area (Å²) in [6.07, 6.45) is 11.0. The van der Waals surface area contributed by atoms with E-state index in [0.29, 0.717) is 0 Å². The second-order valence-corrected chi connectivity index (χ2v) is 7.70. The number of hydrogen-bond acceptors (Lipinski definition) is 1. The standard InChI is InChI=1S/C26H33N2/c1-4-5-6-7-10-21-28-25(20-16-23-11-8-9-12-26(23)28)19-15-22-13-17-24(18-14-22)27(2)3/h8-9,11-20H,4-7,10,21H2,1-3H3/q+1. The Balaban J connectivity index is 1.83. The second-order valence-electron chi connectivity index (χ2n) is 7.70. The number of benzene rings is 2. The molecular weight excluding hydrogens is 340 g/mol. The minimum absolute atomic E-state index is 1.07. The van der Waals surface area contributed by atoms with Crippen molar-refractivity contribution in [3.05, 3.63) is 71.9 Å². The van der Waals surface area contributed by atoms with Crippen LogP contribution in [0.5, 0.6) is 0 Å². The van der Waals surface area contributed by atoms with Crippen LogP contribution in [0.1, 0.15) is 50.3 Å². The number of rotatable bonds is 9. The second kappa shape index (κ2) is 10.1. The van der Waals surface area contributed by atoms with Crippen LogP contribution in [0.25, 0.3) is 23.1 Å². The summed E-state index contributed by atoms with van der Waals surface area (Å²) in [5.41, 5.74) is 5.05. The molecule has 0 atom stereocenters. The summed E-state index contributed by atoms with van der Waals surface area (Å²) in [6.45, 7) is 3.34. The Morgan fingerprint density at radius 3 is 2.29 bits per heavy atom. The molecule has 0 amide bonds. The van der Waals surface area contributed by atoms with E-state index >= 15 is 0 Å². The molecule has 1 aromatic heterocycles. The predicted octanol–water partition coefficient (Wildman–Crippen LogP) is 6.33. The Bertz CT molecular complexity index is 907. The van der Waals surface area contributed by atoms with Gasteiger partial charge in [0.1, 0.15) is 6.54 Å². The zero-order valence-electron chi connectivity index (χ0n) is 17.6. The third kappa shape index (κ3) is 5.22. The van der Waals surface area contributed by atoms with Crippen LogP contribution in [0.3, 0.4) is 0 Å². The summed E-state index contributed by atoms with van der Waals surface area (Å²) in [7, 11) is 4.15. The van der Waals surface area contributed by atoms with Gasteiger partial charge in [0, 0.05) is 49.8 Å². The van der Waals surface area contributed by atoms with E-state index in [9.17, 15) is 0 Å². The fourth-order valence-corrected chi connectivity index (χ4v) is 3.61. The predicted molar refractivity (Wildman–Crippen MR) is 123 cm³/mol. The molecule has 146 valence electrons. The van der Waals surface area contributed by atoms with Crippen molar-refractivity contribution in [1.29, 1.82) is 0 Å². The first-order valence-electron chi connectivity index (χ1n) is 10.6. The molecule has 0 spiro atoms. The average Bonchev–Trinajstić information content (AvgIpc) is 2.73. The minimum atomic E-state index is 1.07. The topological polar surface area (TPSA) is 7.12 Å². The van der Waals surface area contributed by atoms with Crippen LogP contribution < -0.4 is 9.47 Å². The molecule has 0 saturated heterocycles. The molecule has 3 rings (SSSR count). The van der Waals surface area contributed by atoms with E-state index in [0.717, 1.165) is 6.54 Å². The molecule has 3 aromatic rings. The molecule has 0 aliphatic heterocycles. The number of fused-ring (bicyclic) bond motifs is 1. The van der Waals surface area contributed by atoms with Gasteiger partial charge < -0.3 is 4.90 Å². The molecule has 2 aromatic carbocycles. The number of aryl methyl sites for hydroxylation is 1. The van der Waals surface area contributed by atoms with Gasteiger partial charge in [0.25, 0.3) is 0 Å². The molecule has 0 N–H and O–H groups in total. The first kappa shape index (κ1) is 20.1. The largest absolute Gasteiger partial charge is 0.378 e. The van der Waals surface area contributed by atoms with Gasteiger partial charge in [-0.1, -0.05) is 50.5 Å². The van der Waals surface area contributed by atoms with Crippen LogP contribution in [0.15, 0.2) is 60.7 Å². The van der Waals surface area contributed by atoms with Crippen molar-refractivity contribution in [2.75, 3.05) is 19.0 Å². The summed E-state index contributed by atoms with van der Waals surface area (Å²) in [6, 6.07) is 21.9. The van der Waals surface area contributed by atoms with Gasteiger partial charge in [0.15, 0.2) is 0 Å². The lowest BCUT2D eigenvalue weighted by atomic mass is 10.1. The number of hydrogen-bond donors (Lipinski definition) is 0. The van der Waals surface area contributed by atoms with Crippen LogP contribution in [0, 0.1) is 0 Å². The monoisotopic (exact) mass is 373 g/mol. The van der Waals surface area contributed by atoms with Gasteiger partial charge in [-0.3, -0.25) is 0 Å². The first-order chi connectivity index (χ1) is 13.7. The van der Waals surface area contributed by atoms with Crippen molar-refractivity contribution in [2.24, 2.45) is 0 Å². The zero-order valence-corrected chi connectivity index (χ0v) is 17.6. The van der Waals surface area contributed by atoms with Gasteiger partial charge in [0.2, 0.25) is 11.2 Å². The lowest BCUT2D eigenvalue weighted by molar-refractivity contribution is -0.673. The summed E-state index contributed by atoms with van der Waals surface area (Å²) >= 11 is 0. The van der Waals surface area contributed by atoms with Crippen molar-refractivity contribution >= 4 is 28.7 Å². The third-order valence-electron chi connectivity index (χ3n) is 5.31. The third-order valence-corrected chi connectivity index (χ3v) is 5.31. The fraction of sp³-hybridized carbons (Fsp3) is 0.346. The van der Waals surface area contributed by atoms with E-state index in [2.05, 4.69) is 103 Å². The van der Waals surface area contributed by atoms with Crippen LogP contribution in [0.4, 0.5) is 5.69 Å². The first-order valence-corrected chi connectivity index (χ1v) is 10.6. The quantitative estimate of drug-likeness (QED) is 0.314. The SMILES string of the molecule is CCCCCCC[n+]1c(C=Cc2ccc(N(C)C)cc2)ccc2ccccc21. The molecule has 0 fully saturated rings. The van der Waals surface area contributed by atoms with Crippen LogP contribution >= 0.6 is 0 Å². The molecule has 0 aliphatic rings. The number of nitrogens with zero attached hydrogens (tertiary/aromatic N) is 2. The van der Waals surface area contributed by atoms with Crippen molar-refractivity contribution in [1.82, 2.24) is 0 Å². The maximum Gasteiger partial charge on any atom is 0.212 e. The maximum absolute atomic E-state index is 2.48. The van der Waals surface area contributed by atoms with Crippen LogP contribution in [-0.2, 0) is 6.54 Å². The molecular formula is C26H33N2+. The van der Waals surface area contributed by atoms with E-state index in [1.807, 2.05) is 0 Å². The van der Waals surface area contributed by atoms with E-state index < -0.39 is 0 Å². The molecule has 0 saturated carbocycles. The Hall–Kier alpha value is -2.61. The van der Waals surface area contributed by atoms with Gasteiger partial charge in [-0.05, 0) is 42.3 Å². The van der Waals surface area contributed by atoms with Crippen LogP contribution in [-0.4, -0.2) is 14.1 Å². The summed E-state index contributed by atoms with van der Waals surface area (Å²) < 4.78 is 2.48. The average molecular weight is 374 g/mol. The number of aromatic nitrogens is 1. The lowest BCUT2D eigenvalue weighted by Gasteiger charge is -2.11. The summed E-state index contributed by atoms with van der Waals surface area (Å²) in [4.78, 5) is 2.13. The van der Waals surface area contributed by atoms with Gasteiger partial charge >= 0.3 is 0 Å². The maximum atomic E-state index is 2.48.